The normalized spacial score (nSPS) is 23.7. The number of thioether (sulfide) groups is 1. The van der Waals surface area contributed by atoms with E-state index in [2.05, 4.69) is 24.9 Å². The topological polar surface area (TPSA) is 12.4 Å². The third-order valence-corrected chi connectivity index (χ3v) is 2.11. The van der Waals surface area contributed by atoms with Gasteiger partial charge in [-0.15, -0.1) is 11.8 Å². The van der Waals surface area contributed by atoms with Crippen molar-refractivity contribution in [2.75, 3.05) is 0 Å². The molecule has 50 valence electrons. The number of aliphatic imine (C=N–C) groups is 1. The Balaban J connectivity index is 2.78. The maximum atomic E-state index is 4.12. The van der Waals surface area contributed by atoms with Gasteiger partial charge in [0.1, 0.15) is 0 Å². The van der Waals surface area contributed by atoms with Gasteiger partial charge in [-0.1, -0.05) is 0 Å². The predicted molar refractivity (Wildman–Crippen MR) is 43.9 cm³/mol. The van der Waals surface area contributed by atoms with Crippen LogP contribution in [0.5, 0.6) is 0 Å². The summed E-state index contributed by atoms with van der Waals surface area (Å²) in [5, 5.41) is 0. The Hall–Kier alpha value is -0.240. The Morgan fingerprint density at radius 1 is 1.56 bits per heavy atom. The third kappa shape index (κ3) is 1.86. The molecule has 0 aliphatic carbocycles. The highest BCUT2D eigenvalue weighted by Gasteiger charge is 2.16. The summed E-state index contributed by atoms with van der Waals surface area (Å²) < 4.78 is 0.256. The fourth-order valence-corrected chi connectivity index (χ4v) is 1.55. The summed E-state index contributed by atoms with van der Waals surface area (Å²) >= 11 is 1.76. The van der Waals surface area contributed by atoms with Crippen molar-refractivity contribution in [3.63, 3.8) is 0 Å². The van der Waals surface area contributed by atoms with E-state index < -0.39 is 0 Å². The monoisotopic (exact) mass is 141 g/mol. The second-order valence-electron chi connectivity index (χ2n) is 2.74. The van der Waals surface area contributed by atoms with Crippen LogP contribution in [-0.4, -0.2) is 10.3 Å². The van der Waals surface area contributed by atoms with Gasteiger partial charge >= 0.3 is 0 Å². The lowest BCUT2D eigenvalue weighted by Crippen LogP contribution is -2.13. The van der Waals surface area contributed by atoms with Crippen molar-refractivity contribution in [1.82, 2.24) is 0 Å². The van der Waals surface area contributed by atoms with Crippen LogP contribution in [0.2, 0.25) is 0 Å². The first-order chi connectivity index (χ1) is 4.10. The van der Waals surface area contributed by atoms with Gasteiger partial charge in [0.05, 0.1) is 5.55 Å². The summed E-state index contributed by atoms with van der Waals surface area (Å²) in [7, 11) is 0. The maximum Gasteiger partial charge on any atom is 0.0608 e. The molecule has 0 saturated carbocycles. The summed E-state index contributed by atoms with van der Waals surface area (Å²) in [5.74, 6) is 0. The Kier molecular flexibility index (Phi) is 1.66. The molecule has 1 aliphatic heterocycles. The second-order valence-corrected chi connectivity index (χ2v) is 4.24. The quantitative estimate of drug-likeness (QED) is 0.504. The molecule has 0 N–H and O–H groups in total. The molecule has 0 atom stereocenters. The van der Waals surface area contributed by atoms with Gasteiger partial charge in [0.2, 0.25) is 0 Å². The summed E-state index contributed by atoms with van der Waals surface area (Å²) in [6.45, 7) is 6.40. The average Bonchev–Trinajstić information content (AvgIpc) is 1.60. The first-order valence-electron chi connectivity index (χ1n) is 3.00. The molecule has 1 aliphatic rings. The van der Waals surface area contributed by atoms with Crippen LogP contribution in [0.25, 0.3) is 0 Å². The molecular formula is C7H11NS. The van der Waals surface area contributed by atoms with E-state index in [1.165, 1.54) is 0 Å². The summed E-state index contributed by atoms with van der Waals surface area (Å²) in [4.78, 5) is 4.12. The van der Waals surface area contributed by atoms with Crippen LogP contribution < -0.4 is 0 Å². The predicted octanol–water partition coefficient (Wildman–Crippen LogP) is 2.44. The minimum absolute atomic E-state index is 0.256. The second kappa shape index (κ2) is 2.18. The lowest BCUT2D eigenvalue weighted by atomic mass is 10.2. The van der Waals surface area contributed by atoms with Gasteiger partial charge in [0, 0.05) is 10.4 Å². The van der Waals surface area contributed by atoms with Crippen molar-refractivity contribution in [3.8, 4) is 0 Å². The van der Waals surface area contributed by atoms with Crippen LogP contribution in [0.4, 0.5) is 0 Å². The van der Waals surface area contributed by atoms with Crippen LogP contribution in [-0.2, 0) is 0 Å². The Morgan fingerprint density at radius 2 is 2.22 bits per heavy atom. The smallest absolute Gasteiger partial charge is 0.0608 e. The number of allylic oxidation sites excluding steroid dienone is 1. The molecule has 0 unspecified atom stereocenters. The molecular weight excluding hydrogens is 130 g/mol. The molecule has 1 heterocycles. The van der Waals surface area contributed by atoms with Gasteiger partial charge < -0.3 is 0 Å². The van der Waals surface area contributed by atoms with Crippen LogP contribution in [0.15, 0.2) is 16.8 Å². The zero-order valence-electron chi connectivity index (χ0n) is 6.01. The molecule has 9 heavy (non-hydrogen) atoms. The van der Waals surface area contributed by atoms with Crippen molar-refractivity contribution in [2.24, 2.45) is 4.99 Å². The molecule has 0 aromatic rings. The van der Waals surface area contributed by atoms with Gasteiger partial charge in [0.25, 0.3) is 0 Å². The van der Waals surface area contributed by atoms with Crippen molar-refractivity contribution in [1.29, 1.82) is 0 Å². The van der Waals surface area contributed by atoms with Crippen LogP contribution >= 0.6 is 11.8 Å². The van der Waals surface area contributed by atoms with Gasteiger partial charge in [-0.25, -0.2) is 0 Å². The minimum Gasteiger partial charge on any atom is -0.255 e. The molecule has 0 aromatic heterocycles. The van der Waals surface area contributed by atoms with E-state index in [0.717, 1.165) is 5.70 Å². The fourth-order valence-electron chi connectivity index (χ4n) is 0.820. The molecule has 0 radical (unpaired) electrons. The van der Waals surface area contributed by atoms with Gasteiger partial charge in [-0.2, -0.15) is 0 Å². The summed E-state index contributed by atoms with van der Waals surface area (Å²) in [6, 6.07) is 0. The summed E-state index contributed by atoms with van der Waals surface area (Å²) in [5.41, 5.74) is 3.04. The highest BCUT2D eigenvalue weighted by molar-refractivity contribution is 8.13. The first kappa shape index (κ1) is 6.87. The fraction of sp³-hybridized carbons (Fsp3) is 0.571. The largest absolute Gasteiger partial charge is 0.255 e. The summed E-state index contributed by atoms with van der Waals surface area (Å²) in [6.07, 6.45) is 2.18. The van der Waals surface area contributed by atoms with Crippen LogP contribution in [0, 0.1) is 0 Å². The SMILES string of the molecule is CC1=CC(C)(C)SC=N1. The zero-order valence-corrected chi connectivity index (χ0v) is 6.83. The van der Waals surface area contributed by atoms with E-state index in [9.17, 15) is 0 Å². The van der Waals surface area contributed by atoms with Gasteiger partial charge in [0.15, 0.2) is 0 Å². The van der Waals surface area contributed by atoms with Crippen molar-refractivity contribution >= 4 is 17.3 Å². The molecule has 1 nitrogen and oxygen atoms in total. The molecule has 0 saturated heterocycles. The van der Waals surface area contributed by atoms with Crippen molar-refractivity contribution < 1.29 is 0 Å². The molecule has 0 bridgehead atoms. The van der Waals surface area contributed by atoms with Crippen LogP contribution in [0.3, 0.4) is 0 Å². The van der Waals surface area contributed by atoms with Gasteiger partial charge in [-0.05, 0) is 26.8 Å². The Labute approximate surface area is 60.3 Å². The Morgan fingerprint density at radius 3 is 2.56 bits per heavy atom. The highest BCUT2D eigenvalue weighted by Crippen LogP contribution is 2.28. The number of rotatable bonds is 0. The molecule has 0 fully saturated rings. The number of nitrogens with zero attached hydrogens (tertiary/aromatic N) is 1. The third-order valence-electron chi connectivity index (χ3n) is 1.17. The van der Waals surface area contributed by atoms with E-state index in [1.54, 1.807) is 11.8 Å². The minimum atomic E-state index is 0.256. The van der Waals surface area contributed by atoms with E-state index in [0.29, 0.717) is 0 Å². The van der Waals surface area contributed by atoms with Crippen molar-refractivity contribution in [3.05, 3.63) is 11.8 Å². The number of hydrogen-bond acceptors (Lipinski definition) is 2. The van der Waals surface area contributed by atoms with E-state index in [4.69, 9.17) is 0 Å². The number of hydrogen-bond donors (Lipinski definition) is 0. The zero-order chi connectivity index (χ0) is 6.91. The van der Waals surface area contributed by atoms with E-state index in [1.807, 2.05) is 12.5 Å². The van der Waals surface area contributed by atoms with Crippen molar-refractivity contribution in [2.45, 2.75) is 25.5 Å². The molecule has 2 heteroatoms. The lowest BCUT2D eigenvalue weighted by molar-refractivity contribution is 0.886. The Bertz CT molecular complexity index is 168. The van der Waals surface area contributed by atoms with Crippen LogP contribution in [0.1, 0.15) is 20.8 Å². The maximum absolute atomic E-state index is 4.12. The highest BCUT2D eigenvalue weighted by atomic mass is 32.2. The average molecular weight is 141 g/mol. The lowest BCUT2D eigenvalue weighted by Gasteiger charge is -2.20. The van der Waals surface area contributed by atoms with Gasteiger partial charge in [-0.3, -0.25) is 4.99 Å². The van der Waals surface area contributed by atoms with E-state index in [-0.39, 0.29) is 4.75 Å². The first-order valence-corrected chi connectivity index (χ1v) is 3.88. The molecule has 0 spiro atoms. The molecule has 1 rings (SSSR count). The standard InChI is InChI=1S/C7H11NS/c1-6-4-7(2,3)9-5-8-6/h4-5H,1-3H3. The molecule has 0 amide bonds. The molecule has 0 aromatic carbocycles. The van der Waals surface area contributed by atoms with E-state index >= 15 is 0 Å².